The molecule has 19 heavy (non-hydrogen) atoms. The summed E-state index contributed by atoms with van der Waals surface area (Å²) in [5.74, 6) is -1.47. The number of rotatable bonds is 6. The molecule has 1 unspecified atom stereocenters. The number of aliphatic carboxylic acids is 1. The molecule has 1 amide bonds. The van der Waals surface area contributed by atoms with E-state index in [0.717, 1.165) is 5.56 Å². The summed E-state index contributed by atoms with van der Waals surface area (Å²) >= 11 is 0. The van der Waals surface area contributed by atoms with Crippen molar-refractivity contribution >= 4 is 11.9 Å². The van der Waals surface area contributed by atoms with E-state index in [1.165, 1.54) is 0 Å². The van der Waals surface area contributed by atoms with Crippen molar-refractivity contribution in [3.05, 3.63) is 35.9 Å². The van der Waals surface area contributed by atoms with Crippen molar-refractivity contribution in [2.75, 3.05) is 13.1 Å². The van der Waals surface area contributed by atoms with Crippen molar-refractivity contribution in [3.8, 4) is 0 Å². The van der Waals surface area contributed by atoms with E-state index in [0.29, 0.717) is 12.8 Å². The number of carbonyl (C=O) groups excluding carboxylic acids is 1. The molecule has 1 saturated carbocycles. The Morgan fingerprint density at radius 3 is 2.42 bits per heavy atom. The van der Waals surface area contributed by atoms with Gasteiger partial charge < -0.3 is 16.2 Å². The molecular weight excluding hydrogens is 244 g/mol. The first kappa shape index (κ1) is 13.5. The van der Waals surface area contributed by atoms with Crippen LogP contribution in [0.2, 0.25) is 0 Å². The highest BCUT2D eigenvalue weighted by Gasteiger charge is 2.50. The second-order valence-electron chi connectivity index (χ2n) is 5.00. The Balaban J connectivity index is 1.97. The first-order chi connectivity index (χ1) is 9.09. The molecule has 0 radical (unpaired) electrons. The standard InChI is InChI=1S/C14H18N2O3/c15-8-11(10-4-2-1-3-5-10)12(17)16-9-14(6-7-14)13(18)19/h1-5,11H,6-9,15H2,(H,16,17)(H,18,19). The van der Waals surface area contributed by atoms with Crippen LogP contribution in [0.1, 0.15) is 24.3 Å². The third-order valence-electron chi connectivity index (χ3n) is 3.66. The predicted octanol–water partition coefficient (Wildman–Crippen LogP) is 0.710. The molecule has 2 rings (SSSR count). The quantitative estimate of drug-likeness (QED) is 0.704. The molecule has 0 bridgehead atoms. The number of carboxylic acid groups (broad SMARTS) is 1. The fraction of sp³-hybridized carbons (Fsp3) is 0.429. The van der Waals surface area contributed by atoms with Crippen molar-refractivity contribution in [2.45, 2.75) is 18.8 Å². The van der Waals surface area contributed by atoms with Gasteiger partial charge in [-0.2, -0.15) is 0 Å². The smallest absolute Gasteiger partial charge is 0.311 e. The fourth-order valence-corrected chi connectivity index (χ4v) is 2.08. The van der Waals surface area contributed by atoms with Gasteiger partial charge in [0.05, 0.1) is 11.3 Å². The zero-order valence-corrected chi connectivity index (χ0v) is 10.6. The maximum Gasteiger partial charge on any atom is 0.311 e. The lowest BCUT2D eigenvalue weighted by Gasteiger charge is -2.17. The summed E-state index contributed by atoms with van der Waals surface area (Å²) in [7, 11) is 0. The third-order valence-corrected chi connectivity index (χ3v) is 3.66. The van der Waals surface area contributed by atoms with Crippen LogP contribution in [0.5, 0.6) is 0 Å². The molecule has 0 heterocycles. The van der Waals surface area contributed by atoms with Crippen LogP contribution in [0.3, 0.4) is 0 Å². The first-order valence-corrected chi connectivity index (χ1v) is 6.35. The fourth-order valence-electron chi connectivity index (χ4n) is 2.08. The number of nitrogens with two attached hydrogens (primary N) is 1. The molecular formula is C14H18N2O3. The number of nitrogens with one attached hydrogen (secondary N) is 1. The van der Waals surface area contributed by atoms with Gasteiger partial charge in [0.25, 0.3) is 0 Å². The lowest BCUT2D eigenvalue weighted by molar-refractivity contribution is -0.143. The zero-order valence-electron chi connectivity index (χ0n) is 10.6. The third kappa shape index (κ3) is 2.93. The van der Waals surface area contributed by atoms with Gasteiger partial charge in [0.1, 0.15) is 0 Å². The second-order valence-corrected chi connectivity index (χ2v) is 5.00. The van der Waals surface area contributed by atoms with Gasteiger partial charge in [-0.15, -0.1) is 0 Å². The molecule has 1 aromatic rings. The SMILES string of the molecule is NCC(C(=O)NCC1(C(=O)O)CC1)c1ccccc1. The molecule has 5 nitrogen and oxygen atoms in total. The second kappa shape index (κ2) is 5.40. The van der Waals surface area contributed by atoms with Crippen LogP contribution in [0.4, 0.5) is 0 Å². The van der Waals surface area contributed by atoms with Gasteiger partial charge in [0.15, 0.2) is 0 Å². The van der Waals surface area contributed by atoms with E-state index in [9.17, 15) is 9.59 Å². The molecule has 1 atom stereocenters. The first-order valence-electron chi connectivity index (χ1n) is 6.35. The van der Waals surface area contributed by atoms with Gasteiger partial charge >= 0.3 is 5.97 Å². The topological polar surface area (TPSA) is 92.4 Å². The van der Waals surface area contributed by atoms with Gasteiger partial charge in [-0.3, -0.25) is 9.59 Å². The summed E-state index contributed by atoms with van der Waals surface area (Å²) in [6.07, 6.45) is 1.25. The molecule has 1 aromatic carbocycles. The lowest BCUT2D eigenvalue weighted by Crippen LogP contribution is -2.39. The number of benzene rings is 1. The molecule has 1 aliphatic rings. The molecule has 0 saturated heterocycles. The van der Waals surface area contributed by atoms with E-state index in [4.69, 9.17) is 10.8 Å². The summed E-state index contributed by atoms with van der Waals surface area (Å²) in [5.41, 5.74) is 5.75. The summed E-state index contributed by atoms with van der Waals surface area (Å²) in [4.78, 5) is 23.1. The van der Waals surface area contributed by atoms with E-state index in [1.54, 1.807) is 0 Å². The van der Waals surface area contributed by atoms with E-state index in [2.05, 4.69) is 5.32 Å². The Morgan fingerprint density at radius 2 is 1.95 bits per heavy atom. The van der Waals surface area contributed by atoms with Crippen LogP contribution in [0.25, 0.3) is 0 Å². The summed E-state index contributed by atoms with van der Waals surface area (Å²) in [6.45, 7) is 0.389. The number of amides is 1. The maximum atomic E-state index is 12.1. The molecule has 102 valence electrons. The molecule has 1 fully saturated rings. The molecule has 1 aliphatic carbocycles. The van der Waals surface area contributed by atoms with Crippen LogP contribution in [-0.2, 0) is 9.59 Å². The van der Waals surface area contributed by atoms with Crippen LogP contribution in [0.15, 0.2) is 30.3 Å². The molecule has 0 aromatic heterocycles. The monoisotopic (exact) mass is 262 g/mol. The highest BCUT2D eigenvalue weighted by molar-refractivity contribution is 5.85. The average Bonchev–Trinajstić information content (AvgIpc) is 3.20. The van der Waals surface area contributed by atoms with Crippen molar-refractivity contribution in [1.82, 2.24) is 5.32 Å². The van der Waals surface area contributed by atoms with Gasteiger partial charge in [0.2, 0.25) is 5.91 Å². The minimum Gasteiger partial charge on any atom is -0.481 e. The van der Waals surface area contributed by atoms with Gasteiger partial charge in [-0.25, -0.2) is 0 Å². The highest BCUT2D eigenvalue weighted by Crippen LogP contribution is 2.45. The van der Waals surface area contributed by atoms with Crippen molar-refractivity contribution in [2.24, 2.45) is 11.1 Å². The number of carboxylic acids is 1. The van der Waals surface area contributed by atoms with E-state index < -0.39 is 17.3 Å². The van der Waals surface area contributed by atoms with Crippen molar-refractivity contribution in [1.29, 1.82) is 0 Å². The van der Waals surface area contributed by atoms with Crippen molar-refractivity contribution < 1.29 is 14.7 Å². The van der Waals surface area contributed by atoms with E-state index in [-0.39, 0.29) is 19.0 Å². The Bertz CT molecular complexity index is 469. The van der Waals surface area contributed by atoms with Gasteiger partial charge in [-0.05, 0) is 18.4 Å². The van der Waals surface area contributed by atoms with Crippen LogP contribution < -0.4 is 11.1 Å². The number of hydrogen-bond acceptors (Lipinski definition) is 3. The van der Waals surface area contributed by atoms with E-state index in [1.807, 2.05) is 30.3 Å². The zero-order chi connectivity index (χ0) is 13.9. The summed E-state index contributed by atoms with van der Waals surface area (Å²) < 4.78 is 0. The average molecular weight is 262 g/mol. The minimum absolute atomic E-state index is 0.185. The van der Waals surface area contributed by atoms with Crippen molar-refractivity contribution in [3.63, 3.8) is 0 Å². The van der Waals surface area contributed by atoms with Crippen LogP contribution in [-0.4, -0.2) is 30.1 Å². The van der Waals surface area contributed by atoms with Gasteiger partial charge in [-0.1, -0.05) is 30.3 Å². The Morgan fingerprint density at radius 1 is 1.32 bits per heavy atom. The lowest BCUT2D eigenvalue weighted by atomic mass is 9.98. The number of hydrogen-bond donors (Lipinski definition) is 3. The Kier molecular flexibility index (Phi) is 3.85. The Hall–Kier alpha value is -1.88. The molecule has 0 spiro atoms. The van der Waals surface area contributed by atoms with E-state index >= 15 is 0 Å². The molecule has 0 aliphatic heterocycles. The van der Waals surface area contributed by atoms with Crippen LogP contribution >= 0.6 is 0 Å². The summed E-state index contributed by atoms with van der Waals surface area (Å²) in [5, 5.41) is 11.8. The Labute approximate surface area is 111 Å². The van der Waals surface area contributed by atoms with Crippen LogP contribution in [0, 0.1) is 5.41 Å². The largest absolute Gasteiger partial charge is 0.481 e. The normalized spacial score (nSPS) is 17.5. The predicted molar refractivity (Wildman–Crippen MR) is 70.5 cm³/mol. The van der Waals surface area contributed by atoms with Gasteiger partial charge in [0, 0.05) is 13.1 Å². The molecule has 4 N–H and O–H groups in total. The highest BCUT2D eigenvalue weighted by atomic mass is 16.4. The molecule has 5 heteroatoms. The number of carbonyl (C=O) groups is 2. The minimum atomic E-state index is -0.836. The summed E-state index contributed by atoms with van der Waals surface area (Å²) in [6, 6.07) is 9.27. The maximum absolute atomic E-state index is 12.1.